The summed E-state index contributed by atoms with van der Waals surface area (Å²) in [5.74, 6) is -0.179. The van der Waals surface area contributed by atoms with Gasteiger partial charge in [-0.1, -0.05) is 32.9 Å². The molecular formula is C21H29N3O4. The van der Waals surface area contributed by atoms with E-state index in [0.29, 0.717) is 11.5 Å². The topological polar surface area (TPSA) is 111 Å². The highest BCUT2D eigenvalue weighted by Crippen LogP contribution is 2.65. The predicted octanol–water partition coefficient (Wildman–Crippen LogP) is 2.34. The van der Waals surface area contributed by atoms with Crippen LogP contribution in [0.2, 0.25) is 0 Å². The molecule has 3 amide bonds. The first-order valence-corrected chi connectivity index (χ1v) is 9.72. The molecular weight excluding hydrogens is 358 g/mol. The maximum absolute atomic E-state index is 12.3. The van der Waals surface area contributed by atoms with Crippen molar-refractivity contribution in [2.24, 2.45) is 22.5 Å². The van der Waals surface area contributed by atoms with Gasteiger partial charge in [0, 0.05) is 12.6 Å². The third-order valence-corrected chi connectivity index (χ3v) is 7.12. The molecule has 7 nitrogen and oxygen atoms in total. The lowest BCUT2D eigenvalue weighted by Gasteiger charge is -2.39. The fourth-order valence-electron chi connectivity index (χ4n) is 4.82. The average molecular weight is 387 g/mol. The molecule has 1 aromatic rings. The minimum atomic E-state index is -0.609. The molecule has 4 N–H and O–H groups in total. The molecule has 3 atom stereocenters. The number of fused-ring (bicyclic) bond motifs is 2. The van der Waals surface area contributed by atoms with Crippen LogP contribution in [-0.2, 0) is 16.1 Å². The van der Waals surface area contributed by atoms with Gasteiger partial charge in [0.25, 0.3) is 5.91 Å². The smallest absolute Gasteiger partial charge is 0.338 e. The standard InChI is InChI=1S/C21H29N3O4/c1-20(2)15-8-9-21(20,3)16(10-15)24-17(25)12-28-18(26)14-6-4-13(5-7-14)11-23-19(22)27/h4-7,15-16H,8-12H2,1-3H3,(H,24,25)(H3,22,23,27)/t15-,16+,21-/m0/s1. The van der Waals surface area contributed by atoms with E-state index in [9.17, 15) is 14.4 Å². The van der Waals surface area contributed by atoms with Gasteiger partial charge in [-0.05, 0) is 53.7 Å². The van der Waals surface area contributed by atoms with E-state index < -0.39 is 12.0 Å². The molecule has 7 heteroatoms. The average Bonchev–Trinajstić information content (AvgIpc) is 2.98. The van der Waals surface area contributed by atoms with E-state index in [1.54, 1.807) is 24.3 Å². The Bertz CT molecular complexity index is 774. The molecule has 0 aromatic heterocycles. The molecule has 2 fully saturated rings. The molecule has 0 saturated heterocycles. The van der Waals surface area contributed by atoms with Crippen LogP contribution in [0.25, 0.3) is 0 Å². The van der Waals surface area contributed by atoms with Crippen LogP contribution in [0, 0.1) is 16.7 Å². The van der Waals surface area contributed by atoms with Crippen molar-refractivity contribution in [2.75, 3.05) is 6.61 Å². The van der Waals surface area contributed by atoms with Gasteiger partial charge >= 0.3 is 12.0 Å². The van der Waals surface area contributed by atoms with Crippen LogP contribution in [0.1, 0.15) is 56.0 Å². The van der Waals surface area contributed by atoms with Crippen LogP contribution >= 0.6 is 0 Å². The molecule has 3 rings (SSSR count). The van der Waals surface area contributed by atoms with E-state index >= 15 is 0 Å². The Balaban J connectivity index is 1.48. The van der Waals surface area contributed by atoms with E-state index in [1.165, 1.54) is 6.42 Å². The van der Waals surface area contributed by atoms with Crippen molar-refractivity contribution in [2.45, 2.75) is 52.6 Å². The van der Waals surface area contributed by atoms with Gasteiger partial charge in [-0.15, -0.1) is 0 Å². The number of carbonyl (C=O) groups excluding carboxylic acids is 3. The summed E-state index contributed by atoms with van der Waals surface area (Å²) in [5.41, 5.74) is 6.49. The predicted molar refractivity (Wildman–Crippen MR) is 104 cm³/mol. The number of benzene rings is 1. The van der Waals surface area contributed by atoms with E-state index in [4.69, 9.17) is 10.5 Å². The minimum Gasteiger partial charge on any atom is -0.452 e. The normalized spacial score (nSPS) is 27.2. The minimum absolute atomic E-state index is 0.0894. The van der Waals surface area contributed by atoms with E-state index in [0.717, 1.165) is 18.4 Å². The molecule has 1 aromatic carbocycles. The number of rotatable bonds is 6. The Kier molecular flexibility index (Phi) is 5.37. The Morgan fingerprint density at radius 2 is 1.86 bits per heavy atom. The molecule has 0 radical (unpaired) electrons. The Hall–Kier alpha value is -2.57. The maximum atomic E-state index is 12.3. The first-order valence-electron chi connectivity index (χ1n) is 9.72. The van der Waals surface area contributed by atoms with Gasteiger partial charge in [0.2, 0.25) is 0 Å². The lowest BCUT2D eigenvalue weighted by atomic mass is 9.69. The number of nitrogens with two attached hydrogens (primary N) is 1. The molecule has 2 bridgehead atoms. The fourth-order valence-corrected chi connectivity index (χ4v) is 4.82. The zero-order chi connectivity index (χ0) is 20.5. The van der Waals surface area contributed by atoms with Gasteiger partial charge in [0.1, 0.15) is 0 Å². The van der Waals surface area contributed by atoms with Gasteiger partial charge in [-0.3, -0.25) is 4.79 Å². The van der Waals surface area contributed by atoms with Crippen LogP contribution in [0.4, 0.5) is 4.79 Å². The third kappa shape index (κ3) is 3.70. The molecule has 0 unspecified atom stereocenters. The largest absolute Gasteiger partial charge is 0.452 e. The summed E-state index contributed by atoms with van der Waals surface area (Å²) < 4.78 is 5.16. The van der Waals surface area contributed by atoms with Gasteiger partial charge < -0.3 is 21.1 Å². The summed E-state index contributed by atoms with van der Waals surface area (Å²) in [4.78, 5) is 35.2. The number of urea groups is 1. The van der Waals surface area contributed by atoms with Crippen LogP contribution in [0.3, 0.4) is 0 Å². The second-order valence-corrected chi connectivity index (χ2v) is 8.72. The zero-order valence-corrected chi connectivity index (χ0v) is 16.7. The number of esters is 1. The van der Waals surface area contributed by atoms with Crippen molar-refractivity contribution >= 4 is 17.9 Å². The highest BCUT2D eigenvalue weighted by molar-refractivity contribution is 5.91. The highest BCUT2D eigenvalue weighted by atomic mass is 16.5. The molecule has 28 heavy (non-hydrogen) atoms. The quantitative estimate of drug-likeness (QED) is 0.651. The number of hydrogen-bond donors (Lipinski definition) is 3. The zero-order valence-electron chi connectivity index (χ0n) is 16.7. The molecule has 2 saturated carbocycles. The summed E-state index contributed by atoms with van der Waals surface area (Å²) in [6.45, 7) is 6.83. The Labute approximate surface area is 165 Å². The molecule has 152 valence electrons. The first kappa shape index (κ1) is 20.2. The lowest BCUT2D eigenvalue weighted by molar-refractivity contribution is -0.126. The number of hydrogen-bond acceptors (Lipinski definition) is 4. The van der Waals surface area contributed by atoms with Gasteiger partial charge in [0.15, 0.2) is 6.61 Å². The van der Waals surface area contributed by atoms with E-state index in [1.807, 2.05) is 0 Å². The molecule has 0 spiro atoms. The maximum Gasteiger partial charge on any atom is 0.338 e. The van der Waals surface area contributed by atoms with Crippen molar-refractivity contribution in [1.82, 2.24) is 10.6 Å². The second-order valence-electron chi connectivity index (χ2n) is 8.72. The lowest BCUT2D eigenvalue weighted by Crippen LogP contribution is -2.48. The summed E-state index contributed by atoms with van der Waals surface area (Å²) in [7, 11) is 0. The third-order valence-electron chi connectivity index (χ3n) is 7.12. The van der Waals surface area contributed by atoms with Crippen molar-refractivity contribution in [1.29, 1.82) is 0 Å². The van der Waals surface area contributed by atoms with E-state index in [2.05, 4.69) is 31.4 Å². The van der Waals surface area contributed by atoms with Gasteiger partial charge in [0.05, 0.1) is 5.56 Å². The van der Waals surface area contributed by atoms with Crippen molar-refractivity contribution in [3.8, 4) is 0 Å². The van der Waals surface area contributed by atoms with Crippen LogP contribution in [0.5, 0.6) is 0 Å². The molecule has 0 aliphatic heterocycles. The second kappa shape index (κ2) is 7.45. The molecule has 2 aliphatic carbocycles. The van der Waals surface area contributed by atoms with Crippen molar-refractivity contribution in [3.63, 3.8) is 0 Å². The van der Waals surface area contributed by atoms with Gasteiger partial charge in [-0.25, -0.2) is 9.59 Å². The number of primary amides is 1. The molecule has 0 heterocycles. The van der Waals surface area contributed by atoms with Crippen LogP contribution < -0.4 is 16.4 Å². The number of amides is 3. The summed E-state index contributed by atoms with van der Waals surface area (Å²) in [6.07, 6.45) is 3.33. The first-order chi connectivity index (χ1) is 13.1. The van der Waals surface area contributed by atoms with E-state index in [-0.39, 0.29) is 35.9 Å². The Morgan fingerprint density at radius 1 is 1.18 bits per heavy atom. The van der Waals surface area contributed by atoms with Crippen LogP contribution in [-0.4, -0.2) is 30.6 Å². The fraction of sp³-hybridized carbons (Fsp3) is 0.571. The van der Waals surface area contributed by atoms with Crippen molar-refractivity contribution < 1.29 is 19.1 Å². The number of nitrogens with one attached hydrogen (secondary N) is 2. The van der Waals surface area contributed by atoms with Crippen molar-refractivity contribution in [3.05, 3.63) is 35.4 Å². The number of carbonyl (C=O) groups is 3. The molecule has 2 aliphatic rings. The van der Waals surface area contributed by atoms with Crippen LogP contribution in [0.15, 0.2) is 24.3 Å². The SMILES string of the molecule is CC1(C)[C@H]2CC[C@@]1(C)[C@H](NC(=O)COC(=O)c1ccc(CNC(N)=O)cc1)C2. The number of ether oxygens (including phenoxy) is 1. The Morgan fingerprint density at radius 3 is 2.39 bits per heavy atom. The summed E-state index contributed by atoms with van der Waals surface area (Å²) >= 11 is 0. The summed E-state index contributed by atoms with van der Waals surface area (Å²) in [5, 5.41) is 5.56. The highest BCUT2D eigenvalue weighted by Gasteiger charge is 2.61. The summed E-state index contributed by atoms with van der Waals surface area (Å²) in [6, 6.07) is 6.11. The monoisotopic (exact) mass is 387 g/mol. The van der Waals surface area contributed by atoms with Gasteiger partial charge in [-0.2, -0.15) is 0 Å².